The lowest BCUT2D eigenvalue weighted by Crippen LogP contribution is -2.13. The largest absolute Gasteiger partial charge is 0.399 e. The van der Waals surface area contributed by atoms with Gasteiger partial charge in [0.25, 0.3) is 0 Å². The Bertz CT molecular complexity index is 679. The lowest BCUT2D eigenvalue weighted by molar-refractivity contribution is 0.598. The lowest BCUT2D eigenvalue weighted by atomic mass is 10.0. The van der Waals surface area contributed by atoms with Gasteiger partial charge in [0.2, 0.25) is 10.0 Å². The molecular weight excluding hydrogens is 250 g/mol. The van der Waals surface area contributed by atoms with Crippen LogP contribution in [0.25, 0.3) is 11.1 Å². The number of hydrogen-bond donors (Lipinski definition) is 3. The fraction of sp³-hybridized carbons (Fsp3) is 0. The van der Waals surface area contributed by atoms with Crippen molar-refractivity contribution in [2.45, 2.75) is 4.90 Å². The molecule has 0 aliphatic rings. The number of rotatable bonds is 2. The fourth-order valence-corrected chi connectivity index (χ4v) is 2.42. The molecule has 0 aliphatic carbocycles. The SMILES string of the molecule is Nc1ccc(-c2cc(N)ccc2S(N)(=O)=O)cc1. The van der Waals surface area contributed by atoms with Gasteiger partial charge in [0.1, 0.15) is 0 Å². The Morgan fingerprint density at radius 3 is 1.94 bits per heavy atom. The van der Waals surface area contributed by atoms with Crippen molar-refractivity contribution in [2.75, 3.05) is 11.5 Å². The van der Waals surface area contributed by atoms with Crippen molar-refractivity contribution < 1.29 is 8.42 Å². The number of anilines is 2. The molecule has 0 fully saturated rings. The fourth-order valence-electron chi connectivity index (χ4n) is 1.68. The van der Waals surface area contributed by atoms with Crippen LogP contribution in [0.2, 0.25) is 0 Å². The van der Waals surface area contributed by atoms with E-state index in [0.717, 1.165) is 0 Å². The molecule has 0 unspecified atom stereocenters. The average molecular weight is 263 g/mol. The molecule has 0 amide bonds. The maximum atomic E-state index is 11.5. The molecule has 0 radical (unpaired) electrons. The summed E-state index contributed by atoms with van der Waals surface area (Å²) in [7, 11) is -3.80. The molecule has 0 saturated carbocycles. The number of benzene rings is 2. The maximum absolute atomic E-state index is 11.5. The minimum Gasteiger partial charge on any atom is -0.399 e. The Hall–Kier alpha value is -2.05. The van der Waals surface area contributed by atoms with Crippen molar-refractivity contribution >= 4 is 21.4 Å². The average Bonchev–Trinajstić information content (AvgIpc) is 2.28. The first-order valence-electron chi connectivity index (χ1n) is 5.16. The molecule has 0 heterocycles. The summed E-state index contributed by atoms with van der Waals surface area (Å²) in [5.41, 5.74) is 13.5. The zero-order valence-corrected chi connectivity index (χ0v) is 10.3. The van der Waals surface area contributed by atoms with Gasteiger partial charge in [-0.05, 0) is 35.9 Å². The highest BCUT2D eigenvalue weighted by Gasteiger charge is 2.15. The van der Waals surface area contributed by atoms with E-state index in [0.29, 0.717) is 22.5 Å². The summed E-state index contributed by atoms with van der Waals surface area (Å²) in [6.07, 6.45) is 0. The van der Waals surface area contributed by atoms with Crippen molar-refractivity contribution in [1.29, 1.82) is 0 Å². The highest BCUT2D eigenvalue weighted by atomic mass is 32.2. The smallest absolute Gasteiger partial charge is 0.238 e. The number of primary sulfonamides is 1. The minimum absolute atomic E-state index is 0.0430. The van der Waals surface area contributed by atoms with E-state index in [4.69, 9.17) is 16.6 Å². The van der Waals surface area contributed by atoms with Gasteiger partial charge < -0.3 is 11.5 Å². The standard InChI is InChI=1S/C12H13N3O2S/c13-9-3-1-8(2-4-9)11-7-10(14)5-6-12(11)18(15,16)17/h1-7H,13-14H2,(H2,15,16,17). The molecule has 18 heavy (non-hydrogen) atoms. The molecule has 0 spiro atoms. The predicted octanol–water partition coefficient (Wildman–Crippen LogP) is 1.17. The molecule has 6 heteroatoms. The van der Waals surface area contributed by atoms with E-state index in [9.17, 15) is 8.42 Å². The summed E-state index contributed by atoms with van der Waals surface area (Å²) in [5, 5.41) is 5.18. The van der Waals surface area contributed by atoms with Crippen molar-refractivity contribution in [1.82, 2.24) is 0 Å². The first-order chi connectivity index (χ1) is 8.38. The van der Waals surface area contributed by atoms with Crippen LogP contribution >= 0.6 is 0 Å². The predicted molar refractivity (Wildman–Crippen MR) is 72.1 cm³/mol. The summed E-state index contributed by atoms with van der Waals surface area (Å²) in [6.45, 7) is 0. The second-order valence-electron chi connectivity index (χ2n) is 3.92. The Labute approximate surface area is 105 Å². The van der Waals surface area contributed by atoms with Gasteiger partial charge in [0.15, 0.2) is 0 Å². The molecular formula is C12H13N3O2S. The van der Waals surface area contributed by atoms with E-state index in [-0.39, 0.29) is 4.90 Å². The van der Waals surface area contributed by atoms with E-state index in [1.54, 1.807) is 30.3 Å². The van der Waals surface area contributed by atoms with Crippen LogP contribution in [0.1, 0.15) is 0 Å². The maximum Gasteiger partial charge on any atom is 0.238 e. The number of nitrogen functional groups attached to an aromatic ring is 2. The number of nitrogens with two attached hydrogens (primary N) is 3. The van der Waals surface area contributed by atoms with Crippen molar-refractivity contribution in [2.24, 2.45) is 5.14 Å². The van der Waals surface area contributed by atoms with E-state index >= 15 is 0 Å². The van der Waals surface area contributed by atoms with Gasteiger partial charge in [-0.1, -0.05) is 12.1 Å². The monoisotopic (exact) mass is 263 g/mol. The summed E-state index contributed by atoms with van der Waals surface area (Å²) < 4.78 is 23.0. The van der Waals surface area contributed by atoms with Gasteiger partial charge in [-0.25, -0.2) is 13.6 Å². The van der Waals surface area contributed by atoms with Crippen molar-refractivity contribution in [3.05, 3.63) is 42.5 Å². The lowest BCUT2D eigenvalue weighted by Gasteiger charge is -2.09. The molecule has 0 atom stereocenters. The molecule has 2 aromatic carbocycles. The van der Waals surface area contributed by atoms with E-state index in [2.05, 4.69) is 0 Å². The number of sulfonamides is 1. The van der Waals surface area contributed by atoms with Crippen molar-refractivity contribution in [3.63, 3.8) is 0 Å². The van der Waals surface area contributed by atoms with E-state index in [1.165, 1.54) is 12.1 Å². The zero-order chi connectivity index (χ0) is 13.3. The Morgan fingerprint density at radius 2 is 1.39 bits per heavy atom. The van der Waals surface area contributed by atoms with Crippen LogP contribution < -0.4 is 16.6 Å². The summed E-state index contributed by atoms with van der Waals surface area (Å²) >= 11 is 0. The summed E-state index contributed by atoms with van der Waals surface area (Å²) in [4.78, 5) is 0.0430. The van der Waals surface area contributed by atoms with Gasteiger partial charge in [-0.2, -0.15) is 0 Å². The summed E-state index contributed by atoms with van der Waals surface area (Å²) in [5.74, 6) is 0. The van der Waals surface area contributed by atoms with E-state index < -0.39 is 10.0 Å². The molecule has 0 saturated heterocycles. The molecule has 2 rings (SSSR count). The van der Waals surface area contributed by atoms with Crippen LogP contribution in [0.4, 0.5) is 11.4 Å². The highest BCUT2D eigenvalue weighted by Crippen LogP contribution is 2.29. The number of hydrogen-bond acceptors (Lipinski definition) is 4. The molecule has 6 N–H and O–H groups in total. The zero-order valence-electron chi connectivity index (χ0n) is 9.50. The quantitative estimate of drug-likeness (QED) is 0.706. The Balaban J connectivity index is 2.69. The third kappa shape index (κ3) is 2.44. The molecule has 0 bridgehead atoms. The van der Waals surface area contributed by atoms with Gasteiger partial charge in [0, 0.05) is 16.9 Å². The van der Waals surface area contributed by atoms with Crippen LogP contribution in [-0.4, -0.2) is 8.42 Å². The van der Waals surface area contributed by atoms with E-state index in [1.807, 2.05) is 0 Å². The summed E-state index contributed by atoms with van der Waals surface area (Å²) in [6, 6.07) is 11.3. The first-order valence-corrected chi connectivity index (χ1v) is 6.71. The van der Waals surface area contributed by atoms with Crippen LogP contribution in [0, 0.1) is 0 Å². The van der Waals surface area contributed by atoms with Crippen molar-refractivity contribution in [3.8, 4) is 11.1 Å². The molecule has 0 aliphatic heterocycles. The second kappa shape index (κ2) is 4.32. The molecule has 0 aromatic heterocycles. The van der Waals surface area contributed by atoms with Gasteiger partial charge in [-0.3, -0.25) is 0 Å². The molecule has 2 aromatic rings. The molecule has 5 nitrogen and oxygen atoms in total. The topological polar surface area (TPSA) is 112 Å². The van der Waals surface area contributed by atoms with Crippen LogP contribution in [0.15, 0.2) is 47.4 Å². The molecule has 94 valence electrons. The van der Waals surface area contributed by atoms with Crippen LogP contribution in [0.3, 0.4) is 0 Å². The minimum atomic E-state index is -3.80. The van der Waals surface area contributed by atoms with Crippen LogP contribution in [0.5, 0.6) is 0 Å². The highest BCUT2D eigenvalue weighted by molar-refractivity contribution is 7.89. The van der Waals surface area contributed by atoms with Gasteiger partial charge >= 0.3 is 0 Å². The Kier molecular flexibility index (Phi) is 2.98. The second-order valence-corrected chi connectivity index (χ2v) is 5.45. The Morgan fingerprint density at radius 1 is 0.833 bits per heavy atom. The van der Waals surface area contributed by atoms with Gasteiger partial charge in [-0.15, -0.1) is 0 Å². The first kappa shape index (κ1) is 12.4. The van der Waals surface area contributed by atoms with Crippen LogP contribution in [-0.2, 0) is 10.0 Å². The van der Waals surface area contributed by atoms with Gasteiger partial charge in [0.05, 0.1) is 4.90 Å². The normalized spacial score (nSPS) is 11.4. The third-order valence-corrected chi connectivity index (χ3v) is 3.50. The third-order valence-electron chi connectivity index (χ3n) is 2.53.